The lowest BCUT2D eigenvalue weighted by Crippen LogP contribution is -2.42. The van der Waals surface area contributed by atoms with Crippen LogP contribution in [-0.4, -0.2) is 31.4 Å². The zero-order chi connectivity index (χ0) is 12.5. The lowest BCUT2D eigenvalue weighted by atomic mass is 9.87. The number of nitrogens with two attached hydrogens (primary N) is 1. The van der Waals surface area contributed by atoms with Crippen LogP contribution >= 0.6 is 0 Å². The third kappa shape index (κ3) is 5.68. The highest BCUT2D eigenvalue weighted by Crippen LogP contribution is 2.25. The molecule has 0 saturated heterocycles. The Balaban J connectivity index is 2.08. The van der Waals surface area contributed by atoms with Gasteiger partial charge in [0.1, 0.15) is 0 Å². The average Bonchev–Trinajstić information content (AvgIpc) is 2.37. The van der Waals surface area contributed by atoms with Crippen molar-refractivity contribution in [3.8, 4) is 0 Å². The van der Waals surface area contributed by atoms with Crippen molar-refractivity contribution in [2.45, 2.75) is 38.5 Å². The molecule has 1 aliphatic carbocycles. The Morgan fingerprint density at radius 1 is 1.00 bits per heavy atom. The Hall–Kier alpha value is -1.10. The number of hydrogen-bond acceptors (Lipinski definition) is 3. The van der Waals surface area contributed by atoms with Crippen LogP contribution < -0.4 is 16.4 Å². The van der Waals surface area contributed by atoms with Crippen molar-refractivity contribution in [1.29, 1.82) is 0 Å². The third-order valence-corrected chi connectivity index (χ3v) is 3.20. The van der Waals surface area contributed by atoms with E-state index in [0.717, 1.165) is 12.3 Å². The summed E-state index contributed by atoms with van der Waals surface area (Å²) in [6.45, 7) is 1.29. The van der Waals surface area contributed by atoms with Crippen molar-refractivity contribution in [2.24, 2.45) is 11.7 Å². The molecule has 5 heteroatoms. The normalized spacial score (nSPS) is 16.5. The van der Waals surface area contributed by atoms with Gasteiger partial charge in [0.05, 0.1) is 0 Å². The largest absolute Gasteiger partial charge is 0.348 e. The second-order valence-corrected chi connectivity index (χ2v) is 4.59. The number of carbonyl (C=O) groups is 2. The Morgan fingerprint density at radius 2 is 1.59 bits per heavy atom. The fourth-order valence-corrected chi connectivity index (χ4v) is 2.21. The second kappa shape index (κ2) is 8.06. The Kier molecular flexibility index (Phi) is 6.62. The monoisotopic (exact) mass is 241 g/mol. The summed E-state index contributed by atoms with van der Waals surface area (Å²) in [6.07, 6.45) is 7.44. The molecule has 0 aromatic heterocycles. The van der Waals surface area contributed by atoms with Gasteiger partial charge in [-0.05, 0) is 12.3 Å². The van der Waals surface area contributed by atoms with E-state index in [1.54, 1.807) is 0 Å². The number of rotatable bonds is 5. The number of hydrogen-bond donors (Lipinski definition) is 3. The van der Waals surface area contributed by atoms with E-state index in [-0.39, 0.29) is 0 Å². The van der Waals surface area contributed by atoms with Crippen molar-refractivity contribution in [3.05, 3.63) is 0 Å². The number of amides is 2. The van der Waals surface area contributed by atoms with Gasteiger partial charge in [-0.25, -0.2) is 0 Å². The van der Waals surface area contributed by atoms with Crippen molar-refractivity contribution in [2.75, 3.05) is 19.6 Å². The van der Waals surface area contributed by atoms with Gasteiger partial charge in [0, 0.05) is 19.6 Å². The van der Waals surface area contributed by atoms with Gasteiger partial charge in [0.25, 0.3) is 0 Å². The minimum Gasteiger partial charge on any atom is -0.348 e. The van der Waals surface area contributed by atoms with Crippen LogP contribution in [0.15, 0.2) is 0 Å². The van der Waals surface area contributed by atoms with Gasteiger partial charge in [-0.3, -0.25) is 9.59 Å². The summed E-state index contributed by atoms with van der Waals surface area (Å²) in [5, 5.41) is 5.09. The van der Waals surface area contributed by atoms with Crippen LogP contribution in [0.2, 0.25) is 0 Å². The smallest absolute Gasteiger partial charge is 0.309 e. The number of nitrogens with one attached hydrogen (secondary N) is 2. The third-order valence-electron chi connectivity index (χ3n) is 3.20. The van der Waals surface area contributed by atoms with Gasteiger partial charge < -0.3 is 16.4 Å². The molecule has 0 bridgehead atoms. The van der Waals surface area contributed by atoms with Crippen LogP contribution in [0.5, 0.6) is 0 Å². The van der Waals surface area contributed by atoms with Crippen molar-refractivity contribution < 1.29 is 9.59 Å². The Morgan fingerprint density at radius 3 is 2.18 bits per heavy atom. The minimum atomic E-state index is -0.584. The standard InChI is InChI=1S/C12H23N3O2/c13-7-9-15-12(17)11(16)14-8-6-10-4-2-1-3-5-10/h10H,1-9,13H2,(H,14,16)(H,15,17). The predicted molar refractivity (Wildman–Crippen MR) is 66.3 cm³/mol. The molecule has 0 aromatic rings. The van der Waals surface area contributed by atoms with Gasteiger partial charge in [-0.1, -0.05) is 32.1 Å². The van der Waals surface area contributed by atoms with Crippen molar-refractivity contribution >= 4 is 11.8 Å². The zero-order valence-corrected chi connectivity index (χ0v) is 10.3. The molecule has 4 N–H and O–H groups in total. The molecule has 0 spiro atoms. The summed E-state index contributed by atoms with van der Waals surface area (Å²) in [6, 6.07) is 0. The van der Waals surface area contributed by atoms with Crippen LogP contribution in [-0.2, 0) is 9.59 Å². The molecule has 1 fully saturated rings. The second-order valence-electron chi connectivity index (χ2n) is 4.59. The van der Waals surface area contributed by atoms with E-state index in [2.05, 4.69) is 10.6 Å². The molecule has 0 radical (unpaired) electrons. The fourth-order valence-electron chi connectivity index (χ4n) is 2.21. The first-order valence-corrected chi connectivity index (χ1v) is 6.50. The quantitative estimate of drug-likeness (QED) is 0.599. The SMILES string of the molecule is NCCNC(=O)C(=O)NCCC1CCCCC1. The molecule has 0 unspecified atom stereocenters. The summed E-state index contributed by atoms with van der Waals surface area (Å²) in [7, 11) is 0. The Bertz CT molecular complexity index is 250. The zero-order valence-electron chi connectivity index (χ0n) is 10.3. The van der Waals surface area contributed by atoms with E-state index < -0.39 is 11.8 Å². The lowest BCUT2D eigenvalue weighted by molar-refractivity contribution is -0.139. The van der Waals surface area contributed by atoms with Gasteiger partial charge >= 0.3 is 11.8 Å². The van der Waals surface area contributed by atoms with Crippen molar-refractivity contribution in [1.82, 2.24) is 10.6 Å². The molecule has 1 rings (SSSR count). The highest BCUT2D eigenvalue weighted by atomic mass is 16.2. The minimum absolute atomic E-state index is 0.342. The molecule has 0 heterocycles. The van der Waals surface area contributed by atoms with Gasteiger partial charge in [0.2, 0.25) is 0 Å². The van der Waals surface area contributed by atoms with E-state index in [4.69, 9.17) is 5.73 Å². The maximum absolute atomic E-state index is 11.3. The van der Waals surface area contributed by atoms with Crippen LogP contribution in [0.25, 0.3) is 0 Å². The van der Waals surface area contributed by atoms with E-state index in [1.165, 1.54) is 32.1 Å². The van der Waals surface area contributed by atoms with Gasteiger partial charge in [-0.15, -0.1) is 0 Å². The number of carbonyl (C=O) groups excluding carboxylic acids is 2. The summed E-state index contributed by atoms with van der Waals surface area (Å²) in [4.78, 5) is 22.5. The molecule has 98 valence electrons. The van der Waals surface area contributed by atoms with Crippen LogP contribution in [0.3, 0.4) is 0 Å². The van der Waals surface area contributed by atoms with Crippen LogP contribution in [0.4, 0.5) is 0 Å². The van der Waals surface area contributed by atoms with Gasteiger partial charge in [-0.2, -0.15) is 0 Å². The molecule has 0 atom stereocenters. The van der Waals surface area contributed by atoms with Crippen LogP contribution in [0, 0.1) is 5.92 Å². The highest BCUT2D eigenvalue weighted by molar-refractivity contribution is 6.35. The van der Waals surface area contributed by atoms with E-state index >= 15 is 0 Å². The molecule has 1 aliphatic rings. The van der Waals surface area contributed by atoms with Crippen LogP contribution in [0.1, 0.15) is 38.5 Å². The molecular formula is C12H23N3O2. The maximum Gasteiger partial charge on any atom is 0.309 e. The van der Waals surface area contributed by atoms with Crippen molar-refractivity contribution in [3.63, 3.8) is 0 Å². The molecule has 2 amide bonds. The summed E-state index contributed by atoms with van der Waals surface area (Å²) < 4.78 is 0. The maximum atomic E-state index is 11.3. The highest BCUT2D eigenvalue weighted by Gasteiger charge is 2.15. The topological polar surface area (TPSA) is 84.2 Å². The fraction of sp³-hybridized carbons (Fsp3) is 0.833. The Labute approximate surface area is 103 Å². The molecule has 0 aliphatic heterocycles. The molecule has 1 saturated carbocycles. The predicted octanol–water partition coefficient (Wildman–Crippen LogP) is 0.148. The first kappa shape index (κ1) is 14.0. The first-order chi connectivity index (χ1) is 8.24. The van der Waals surface area contributed by atoms with E-state index in [9.17, 15) is 9.59 Å². The first-order valence-electron chi connectivity index (χ1n) is 6.50. The molecule has 5 nitrogen and oxygen atoms in total. The summed E-state index contributed by atoms with van der Waals surface area (Å²) in [5.41, 5.74) is 5.23. The van der Waals surface area contributed by atoms with E-state index in [0.29, 0.717) is 19.6 Å². The average molecular weight is 241 g/mol. The van der Waals surface area contributed by atoms with Gasteiger partial charge in [0.15, 0.2) is 0 Å². The summed E-state index contributed by atoms with van der Waals surface area (Å²) >= 11 is 0. The molecular weight excluding hydrogens is 218 g/mol. The lowest BCUT2D eigenvalue weighted by Gasteiger charge is -2.21. The summed E-state index contributed by atoms with van der Waals surface area (Å²) in [5.74, 6) is -0.412. The van der Waals surface area contributed by atoms with E-state index in [1.807, 2.05) is 0 Å². The molecule has 0 aromatic carbocycles. The molecule has 17 heavy (non-hydrogen) atoms.